The molecule has 4 nitrogen and oxygen atoms in total. The molecular formula is C28H27FN2O2. The van der Waals surface area contributed by atoms with Gasteiger partial charge in [-0.2, -0.15) is 0 Å². The number of rotatable bonds is 4. The summed E-state index contributed by atoms with van der Waals surface area (Å²) in [5.41, 5.74) is 7.23. The smallest absolute Gasteiger partial charge is 0.337 e. The lowest BCUT2D eigenvalue weighted by atomic mass is 9.89. The van der Waals surface area contributed by atoms with Gasteiger partial charge in [-0.1, -0.05) is 24.3 Å². The maximum Gasteiger partial charge on any atom is 0.337 e. The standard InChI is InChI=1S/C28H27FN2O2/c1-18-5-3-7-24-25(18)26(19-8-10-20(11-9-19)28(32)33-2)27(21-6-4-16-30-17-21)31(24)23-14-12-22(29)13-15-23/h3,5,7-15,21,30H,4,6,16-17H2,1-2H3. The average Bonchev–Trinajstić information content (AvgIpc) is 3.21. The minimum Gasteiger partial charge on any atom is -0.465 e. The largest absolute Gasteiger partial charge is 0.465 e. The molecule has 1 N–H and O–H groups in total. The van der Waals surface area contributed by atoms with Crippen molar-refractivity contribution in [3.8, 4) is 16.8 Å². The maximum atomic E-state index is 13.8. The Morgan fingerprint density at radius 3 is 2.48 bits per heavy atom. The zero-order chi connectivity index (χ0) is 22.9. The van der Waals surface area contributed by atoms with E-state index in [1.165, 1.54) is 41.4 Å². The van der Waals surface area contributed by atoms with Crippen LogP contribution in [0, 0.1) is 12.7 Å². The van der Waals surface area contributed by atoms with Crippen molar-refractivity contribution >= 4 is 16.9 Å². The van der Waals surface area contributed by atoms with E-state index in [2.05, 4.69) is 35.0 Å². The summed E-state index contributed by atoms with van der Waals surface area (Å²) in [4.78, 5) is 12.0. The van der Waals surface area contributed by atoms with E-state index in [0.717, 1.165) is 42.7 Å². The van der Waals surface area contributed by atoms with Crippen LogP contribution in [0.5, 0.6) is 0 Å². The molecule has 4 aromatic rings. The van der Waals surface area contributed by atoms with Crippen LogP contribution in [0.15, 0.2) is 66.7 Å². The zero-order valence-electron chi connectivity index (χ0n) is 18.9. The van der Waals surface area contributed by atoms with Crippen LogP contribution >= 0.6 is 0 Å². The summed E-state index contributed by atoms with van der Waals surface area (Å²) in [7, 11) is 1.39. The third kappa shape index (κ3) is 3.83. The van der Waals surface area contributed by atoms with E-state index in [1.54, 1.807) is 0 Å². The molecule has 3 aromatic carbocycles. The predicted molar refractivity (Wildman–Crippen MR) is 130 cm³/mol. The second kappa shape index (κ2) is 8.83. The van der Waals surface area contributed by atoms with Gasteiger partial charge in [0, 0.05) is 34.8 Å². The third-order valence-corrected chi connectivity index (χ3v) is 6.60. The number of methoxy groups -OCH3 is 1. The van der Waals surface area contributed by atoms with Crippen LogP contribution in [0.1, 0.15) is 40.4 Å². The maximum absolute atomic E-state index is 13.8. The average molecular weight is 443 g/mol. The molecule has 1 saturated heterocycles. The van der Waals surface area contributed by atoms with Crippen LogP contribution in [0.3, 0.4) is 0 Å². The molecule has 5 heteroatoms. The van der Waals surface area contributed by atoms with Crippen LogP contribution in [-0.4, -0.2) is 30.7 Å². The number of carbonyl (C=O) groups excluding carboxylic acids is 1. The summed E-state index contributed by atoms with van der Waals surface area (Å²) in [5, 5.41) is 4.74. The van der Waals surface area contributed by atoms with Gasteiger partial charge in [0.05, 0.1) is 18.2 Å². The molecule has 0 radical (unpaired) electrons. The molecule has 0 spiro atoms. The number of benzene rings is 3. The lowest BCUT2D eigenvalue weighted by Crippen LogP contribution is -2.29. The first-order chi connectivity index (χ1) is 16.1. The minimum absolute atomic E-state index is 0.245. The number of nitrogens with zero attached hydrogens (tertiary/aromatic N) is 1. The molecule has 1 unspecified atom stereocenters. The van der Waals surface area contributed by atoms with Gasteiger partial charge < -0.3 is 14.6 Å². The van der Waals surface area contributed by atoms with Gasteiger partial charge in [-0.3, -0.25) is 0 Å². The highest BCUT2D eigenvalue weighted by Crippen LogP contribution is 2.43. The second-order valence-electron chi connectivity index (χ2n) is 8.65. The summed E-state index contributed by atoms with van der Waals surface area (Å²) >= 11 is 0. The van der Waals surface area contributed by atoms with Gasteiger partial charge in [0.2, 0.25) is 0 Å². The molecule has 5 rings (SSSR count). The molecule has 1 fully saturated rings. The zero-order valence-corrected chi connectivity index (χ0v) is 18.9. The monoisotopic (exact) mass is 442 g/mol. The van der Waals surface area contributed by atoms with E-state index in [0.29, 0.717) is 11.5 Å². The van der Waals surface area contributed by atoms with E-state index in [9.17, 15) is 9.18 Å². The second-order valence-corrected chi connectivity index (χ2v) is 8.65. The lowest BCUT2D eigenvalue weighted by Gasteiger charge is -2.26. The molecule has 1 aromatic heterocycles. The number of esters is 1. The number of carbonyl (C=O) groups is 1. The molecule has 2 heterocycles. The Hall–Kier alpha value is -3.44. The molecule has 0 saturated carbocycles. The Labute approximate surface area is 193 Å². The molecular weight excluding hydrogens is 415 g/mol. The molecule has 1 atom stereocenters. The van der Waals surface area contributed by atoms with Gasteiger partial charge >= 0.3 is 5.97 Å². The first-order valence-corrected chi connectivity index (χ1v) is 11.4. The molecule has 0 bridgehead atoms. The van der Waals surface area contributed by atoms with Crippen molar-refractivity contribution in [2.24, 2.45) is 0 Å². The predicted octanol–water partition coefficient (Wildman–Crippen LogP) is 6.00. The number of fused-ring (bicyclic) bond motifs is 1. The highest BCUT2D eigenvalue weighted by molar-refractivity contribution is 6.02. The fraction of sp³-hybridized carbons (Fsp3) is 0.250. The highest BCUT2D eigenvalue weighted by atomic mass is 19.1. The van der Waals surface area contributed by atoms with E-state index in [1.807, 2.05) is 36.4 Å². The van der Waals surface area contributed by atoms with Crippen molar-refractivity contribution in [2.75, 3.05) is 20.2 Å². The minimum atomic E-state index is -0.344. The first kappa shape index (κ1) is 21.4. The highest BCUT2D eigenvalue weighted by Gasteiger charge is 2.28. The number of hydrogen-bond donors (Lipinski definition) is 1. The van der Waals surface area contributed by atoms with E-state index < -0.39 is 0 Å². The quantitative estimate of drug-likeness (QED) is 0.394. The Bertz CT molecular complexity index is 1300. The lowest BCUT2D eigenvalue weighted by molar-refractivity contribution is 0.0600. The number of hydrogen-bond acceptors (Lipinski definition) is 3. The summed E-state index contributed by atoms with van der Waals surface area (Å²) < 4.78 is 21.0. The number of ether oxygens (including phenoxy) is 1. The first-order valence-electron chi connectivity index (χ1n) is 11.4. The van der Waals surface area contributed by atoms with Crippen molar-refractivity contribution in [2.45, 2.75) is 25.7 Å². The number of piperidine rings is 1. The van der Waals surface area contributed by atoms with Gasteiger partial charge in [-0.15, -0.1) is 0 Å². The van der Waals surface area contributed by atoms with Crippen molar-refractivity contribution < 1.29 is 13.9 Å². The molecule has 0 aliphatic carbocycles. The molecule has 1 aliphatic rings. The normalized spacial score (nSPS) is 16.2. The van der Waals surface area contributed by atoms with E-state index in [-0.39, 0.29) is 11.8 Å². The Morgan fingerprint density at radius 2 is 1.82 bits per heavy atom. The van der Waals surface area contributed by atoms with Crippen LogP contribution < -0.4 is 5.32 Å². The van der Waals surface area contributed by atoms with Crippen molar-refractivity contribution in [1.29, 1.82) is 0 Å². The van der Waals surface area contributed by atoms with Crippen LogP contribution in [0.2, 0.25) is 0 Å². The van der Waals surface area contributed by atoms with Gasteiger partial charge in [-0.25, -0.2) is 9.18 Å². The summed E-state index contributed by atoms with van der Waals surface area (Å²) in [6, 6.07) is 20.7. The Balaban J connectivity index is 1.82. The SMILES string of the molecule is COC(=O)c1ccc(-c2c(C3CCCNC3)n(-c3ccc(F)cc3)c3cccc(C)c23)cc1. The molecule has 33 heavy (non-hydrogen) atoms. The number of aromatic nitrogens is 1. The third-order valence-electron chi connectivity index (χ3n) is 6.60. The summed E-state index contributed by atoms with van der Waals surface area (Å²) in [6.45, 7) is 4.05. The molecule has 1 aliphatic heterocycles. The van der Waals surface area contributed by atoms with Gasteiger partial charge in [0.15, 0.2) is 0 Å². The van der Waals surface area contributed by atoms with E-state index in [4.69, 9.17) is 4.74 Å². The Kier molecular flexibility index (Phi) is 5.73. The number of halogens is 1. The van der Waals surface area contributed by atoms with Gasteiger partial charge in [0.25, 0.3) is 0 Å². The summed E-state index contributed by atoms with van der Waals surface area (Å²) in [6.07, 6.45) is 2.19. The number of nitrogens with one attached hydrogen (secondary N) is 1. The number of aryl methyl sites for hydroxylation is 1. The van der Waals surface area contributed by atoms with Crippen LogP contribution in [0.4, 0.5) is 4.39 Å². The van der Waals surface area contributed by atoms with Crippen LogP contribution in [-0.2, 0) is 4.74 Å². The summed E-state index contributed by atoms with van der Waals surface area (Å²) in [5.74, 6) is -0.278. The topological polar surface area (TPSA) is 43.3 Å². The van der Waals surface area contributed by atoms with Crippen LogP contribution in [0.25, 0.3) is 27.7 Å². The van der Waals surface area contributed by atoms with Crippen molar-refractivity contribution in [3.05, 3.63) is 89.4 Å². The molecule has 168 valence electrons. The molecule has 0 amide bonds. The van der Waals surface area contributed by atoms with Gasteiger partial charge in [0.1, 0.15) is 5.82 Å². The van der Waals surface area contributed by atoms with Crippen molar-refractivity contribution in [3.63, 3.8) is 0 Å². The Morgan fingerprint density at radius 1 is 1.06 bits per heavy atom. The fourth-order valence-electron chi connectivity index (χ4n) is 5.06. The van der Waals surface area contributed by atoms with Gasteiger partial charge in [-0.05, 0) is 79.9 Å². The fourth-order valence-corrected chi connectivity index (χ4v) is 5.06. The van der Waals surface area contributed by atoms with Crippen molar-refractivity contribution in [1.82, 2.24) is 9.88 Å². The van der Waals surface area contributed by atoms with E-state index >= 15 is 0 Å².